The Hall–Kier alpha value is -1.35. The van der Waals surface area contributed by atoms with E-state index in [1.165, 1.54) is 5.56 Å². The summed E-state index contributed by atoms with van der Waals surface area (Å²) in [6.07, 6.45) is 1.96. The van der Waals surface area contributed by atoms with E-state index in [4.69, 9.17) is 5.11 Å². The number of nitrogens with one attached hydrogen (secondary N) is 1. The van der Waals surface area contributed by atoms with E-state index in [0.29, 0.717) is 11.5 Å². The minimum absolute atomic E-state index is 0.481. The predicted octanol–water partition coefficient (Wildman–Crippen LogP) is 2.02. The Morgan fingerprint density at radius 3 is 3.06 bits per heavy atom. The lowest BCUT2D eigenvalue weighted by atomic mass is 9.98. The number of likely N-dealkylation sites (N-methyl/N-ethyl adjacent to an activating group) is 1. The van der Waals surface area contributed by atoms with E-state index < -0.39 is 5.97 Å². The van der Waals surface area contributed by atoms with Crippen molar-refractivity contribution in [1.82, 2.24) is 5.32 Å². The van der Waals surface area contributed by atoms with Gasteiger partial charge in [-0.25, -0.2) is 4.79 Å². The van der Waals surface area contributed by atoms with Crippen molar-refractivity contribution >= 4 is 5.97 Å². The number of fused-ring (bicyclic) bond motifs is 1. The van der Waals surface area contributed by atoms with Crippen LogP contribution in [0, 0.1) is 0 Å². The highest BCUT2D eigenvalue weighted by atomic mass is 16.4. The maximum absolute atomic E-state index is 11.1. The quantitative estimate of drug-likeness (QED) is 0.814. The highest BCUT2D eigenvalue weighted by Crippen LogP contribution is 2.34. The zero-order valence-electron chi connectivity index (χ0n) is 9.49. The van der Waals surface area contributed by atoms with Gasteiger partial charge in [-0.3, -0.25) is 0 Å². The summed E-state index contributed by atoms with van der Waals surface area (Å²) in [5.74, 6) is -0.324. The lowest BCUT2D eigenvalue weighted by Crippen LogP contribution is -2.19. The van der Waals surface area contributed by atoms with Gasteiger partial charge in [0.05, 0.1) is 5.56 Å². The summed E-state index contributed by atoms with van der Waals surface area (Å²) in [5, 5.41) is 12.4. The van der Waals surface area contributed by atoms with Crippen molar-refractivity contribution in [3.05, 3.63) is 34.9 Å². The van der Waals surface area contributed by atoms with Crippen molar-refractivity contribution in [1.29, 1.82) is 0 Å². The molecule has 3 heteroatoms. The average Bonchev–Trinajstić information content (AvgIpc) is 2.69. The molecule has 0 saturated heterocycles. The fourth-order valence-electron chi connectivity index (χ4n) is 2.47. The van der Waals surface area contributed by atoms with Gasteiger partial charge in [-0.05, 0) is 42.5 Å². The van der Waals surface area contributed by atoms with Gasteiger partial charge >= 0.3 is 5.97 Å². The molecule has 0 radical (unpaired) electrons. The summed E-state index contributed by atoms with van der Waals surface area (Å²) in [7, 11) is 0. The molecule has 0 aliphatic heterocycles. The molecule has 3 nitrogen and oxygen atoms in total. The van der Waals surface area contributed by atoms with E-state index in [2.05, 4.69) is 18.3 Å². The number of carboxylic acid groups (broad SMARTS) is 1. The summed E-state index contributed by atoms with van der Waals surface area (Å²) < 4.78 is 0. The van der Waals surface area contributed by atoms with Crippen LogP contribution in [0.3, 0.4) is 0 Å². The third-order valence-corrected chi connectivity index (χ3v) is 3.27. The molecule has 0 amide bonds. The monoisotopic (exact) mass is 219 g/mol. The average molecular weight is 219 g/mol. The first kappa shape index (κ1) is 11.1. The van der Waals surface area contributed by atoms with Crippen LogP contribution < -0.4 is 5.32 Å². The van der Waals surface area contributed by atoms with Gasteiger partial charge in [-0.15, -0.1) is 0 Å². The Kier molecular flexibility index (Phi) is 3.25. The zero-order valence-corrected chi connectivity index (χ0v) is 9.49. The molecule has 0 bridgehead atoms. The number of hydrogen-bond donors (Lipinski definition) is 2. The zero-order chi connectivity index (χ0) is 11.5. The van der Waals surface area contributed by atoms with Gasteiger partial charge in [0.15, 0.2) is 0 Å². The number of rotatable bonds is 4. The summed E-state index contributed by atoms with van der Waals surface area (Å²) in [6, 6.07) is 5.63. The van der Waals surface area contributed by atoms with Crippen LogP contribution >= 0.6 is 0 Å². The molecule has 0 fully saturated rings. The van der Waals surface area contributed by atoms with Crippen molar-refractivity contribution in [3.63, 3.8) is 0 Å². The minimum Gasteiger partial charge on any atom is -0.478 e. The molecule has 86 valence electrons. The van der Waals surface area contributed by atoms with Gasteiger partial charge in [0.1, 0.15) is 0 Å². The fraction of sp³-hybridized carbons (Fsp3) is 0.462. The third-order valence-electron chi connectivity index (χ3n) is 3.27. The summed E-state index contributed by atoms with van der Waals surface area (Å²) in [5.41, 5.74) is 2.75. The van der Waals surface area contributed by atoms with Gasteiger partial charge in [0.25, 0.3) is 0 Å². The van der Waals surface area contributed by atoms with Crippen molar-refractivity contribution in [2.24, 2.45) is 0 Å². The third kappa shape index (κ3) is 1.95. The molecule has 1 aromatic carbocycles. The van der Waals surface area contributed by atoms with Crippen molar-refractivity contribution in [2.75, 3.05) is 13.1 Å². The molecular weight excluding hydrogens is 202 g/mol. The molecule has 2 N–H and O–H groups in total. The molecular formula is C13H17NO2. The van der Waals surface area contributed by atoms with Gasteiger partial charge in [-0.1, -0.05) is 19.1 Å². The first-order chi connectivity index (χ1) is 7.74. The van der Waals surface area contributed by atoms with E-state index in [1.807, 2.05) is 6.07 Å². The molecule has 0 heterocycles. The molecule has 1 aliphatic rings. The maximum Gasteiger partial charge on any atom is 0.335 e. The largest absolute Gasteiger partial charge is 0.478 e. The topological polar surface area (TPSA) is 49.3 Å². The van der Waals surface area contributed by atoms with E-state index in [9.17, 15) is 4.79 Å². The highest BCUT2D eigenvalue weighted by Gasteiger charge is 2.25. The molecule has 1 aliphatic carbocycles. The van der Waals surface area contributed by atoms with Crippen LogP contribution in [0.2, 0.25) is 0 Å². The summed E-state index contributed by atoms with van der Waals surface area (Å²) in [6.45, 7) is 4.00. The van der Waals surface area contributed by atoms with Crippen molar-refractivity contribution < 1.29 is 9.90 Å². The lowest BCUT2D eigenvalue weighted by molar-refractivity contribution is 0.0696. The molecule has 0 spiro atoms. The molecule has 16 heavy (non-hydrogen) atoms. The lowest BCUT2D eigenvalue weighted by Gasteiger charge is -2.12. The van der Waals surface area contributed by atoms with E-state index in [0.717, 1.165) is 31.5 Å². The maximum atomic E-state index is 11.1. The summed E-state index contributed by atoms with van der Waals surface area (Å²) >= 11 is 0. The van der Waals surface area contributed by atoms with E-state index in [1.54, 1.807) is 6.07 Å². The molecule has 0 saturated carbocycles. The van der Waals surface area contributed by atoms with Gasteiger partial charge in [-0.2, -0.15) is 0 Å². The van der Waals surface area contributed by atoms with Gasteiger partial charge < -0.3 is 10.4 Å². The SMILES string of the molecule is CCNCC1CCc2c(C(=O)O)cccc21. The van der Waals surface area contributed by atoms with Crippen molar-refractivity contribution in [3.8, 4) is 0 Å². The van der Waals surface area contributed by atoms with Gasteiger partial charge in [0.2, 0.25) is 0 Å². The molecule has 1 unspecified atom stereocenters. The number of carboxylic acids is 1. The second kappa shape index (κ2) is 4.66. The Labute approximate surface area is 95.5 Å². The first-order valence-corrected chi connectivity index (χ1v) is 5.79. The van der Waals surface area contributed by atoms with Crippen LogP contribution in [-0.2, 0) is 6.42 Å². The Morgan fingerprint density at radius 1 is 1.56 bits per heavy atom. The van der Waals surface area contributed by atoms with Crippen LogP contribution in [0.15, 0.2) is 18.2 Å². The molecule has 1 atom stereocenters. The Bertz CT molecular complexity index is 401. The molecule has 1 aromatic rings. The van der Waals surface area contributed by atoms with Crippen molar-refractivity contribution in [2.45, 2.75) is 25.7 Å². The normalized spacial score (nSPS) is 18.4. The number of hydrogen-bond acceptors (Lipinski definition) is 2. The number of benzene rings is 1. The fourth-order valence-corrected chi connectivity index (χ4v) is 2.47. The second-order valence-electron chi connectivity index (χ2n) is 4.22. The van der Waals surface area contributed by atoms with E-state index in [-0.39, 0.29) is 0 Å². The van der Waals surface area contributed by atoms with Crippen LogP contribution in [0.25, 0.3) is 0 Å². The smallest absolute Gasteiger partial charge is 0.335 e. The van der Waals surface area contributed by atoms with Crippen LogP contribution in [0.1, 0.15) is 40.7 Å². The van der Waals surface area contributed by atoms with E-state index >= 15 is 0 Å². The number of aromatic carboxylic acids is 1. The second-order valence-corrected chi connectivity index (χ2v) is 4.22. The Morgan fingerprint density at radius 2 is 2.38 bits per heavy atom. The first-order valence-electron chi connectivity index (χ1n) is 5.79. The molecule has 2 rings (SSSR count). The predicted molar refractivity (Wildman–Crippen MR) is 63.0 cm³/mol. The minimum atomic E-state index is -0.805. The number of carbonyl (C=O) groups is 1. The molecule has 0 aromatic heterocycles. The van der Waals surface area contributed by atoms with Crippen LogP contribution in [0.4, 0.5) is 0 Å². The van der Waals surface area contributed by atoms with Crippen LogP contribution in [0.5, 0.6) is 0 Å². The van der Waals surface area contributed by atoms with Gasteiger partial charge in [0, 0.05) is 6.54 Å². The highest BCUT2D eigenvalue weighted by molar-refractivity contribution is 5.90. The Balaban J connectivity index is 2.27. The summed E-state index contributed by atoms with van der Waals surface area (Å²) in [4.78, 5) is 11.1. The van der Waals surface area contributed by atoms with Crippen LogP contribution in [-0.4, -0.2) is 24.2 Å². The standard InChI is InChI=1S/C13H17NO2/c1-2-14-8-9-6-7-11-10(9)4-3-5-12(11)13(15)16/h3-5,9,14H,2,6-8H2,1H3,(H,15,16).